The monoisotopic (exact) mass is 252 g/mol. The van der Waals surface area contributed by atoms with Crippen LogP contribution in [-0.2, 0) is 4.79 Å². The highest BCUT2D eigenvalue weighted by Crippen LogP contribution is 2.20. The molecule has 0 unspecified atom stereocenters. The van der Waals surface area contributed by atoms with Gasteiger partial charge in [-0.25, -0.2) is 4.39 Å². The summed E-state index contributed by atoms with van der Waals surface area (Å²) in [6.45, 7) is -0.0607. The Hall–Kier alpha value is -1.95. The van der Waals surface area contributed by atoms with Crippen LogP contribution in [0.3, 0.4) is 0 Å². The molecule has 2 atom stereocenters. The topological polar surface area (TPSA) is 80.7 Å². The van der Waals surface area contributed by atoms with Crippen LogP contribution >= 0.6 is 0 Å². The summed E-state index contributed by atoms with van der Waals surface area (Å²) < 4.78 is 12.7. The molecule has 1 heterocycles. The molecule has 0 radical (unpaired) electrons. The number of aliphatic carboxylic acids is 1. The van der Waals surface area contributed by atoms with Gasteiger partial charge in [0.05, 0.1) is 18.1 Å². The van der Waals surface area contributed by atoms with E-state index in [4.69, 9.17) is 0 Å². The fourth-order valence-corrected chi connectivity index (χ4v) is 2.02. The molecular formula is C12H11FNO4-. The first-order chi connectivity index (χ1) is 8.49. The molecule has 1 N–H and O–H groups in total. The number of hydrogen-bond donors (Lipinski definition) is 1. The van der Waals surface area contributed by atoms with E-state index in [0.717, 1.165) is 17.0 Å². The molecule has 6 heteroatoms. The van der Waals surface area contributed by atoms with Crippen LogP contribution in [0.15, 0.2) is 24.3 Å². The molecule has 1 aliphatic heterocycles. The predicted octanol–water partition coefficient (Wildman–Crippen LogP) is -0.849. The van der Waals surface area contributed by atoms with E-state index < -0.39 is 29.8 Å². The fraction of sp³-hybridized carbons (Fsp3) is 0.333. The van der Waals surface area contributed by atoms with Gasteiger partial charge in [0, 0.05) is 18.5 Å². The standard InChI is InChI=1S/C12H12FNO4/c13-8-3-1-7(2-4-8)11(16)14-6-9(15)5-10(14)12(17)18/h1-4,9-10,15H,5-6H2,(H,17,18)/p-1/t9-,10-/m1/s1. The molecule has 0 spiro atoms. The van der Waals surface area contributed by atoms with Crippen molar-refractivity contribution >= 4 is 11.9 Å². The molecule has 1 fully saturated rings. The molecule has 1 aliphatic rings. The number of nitrogens with zero attached hydrogens (tertiary/aromatic N) is 1. The first-order valence-corrected chi connectivity index (χ1v) is 5.44. The molecule has 1 aromatic carbocycles. The molecular weight excluding hydrogens is 241 g/mol. The Morgan fingerprint density at radius 1 is 1.33 bits per heavy atom. The van der Waals surface area contributed by atoms with Gasteiger partial charge in [0.15, 0.2) is 0 Å². The zero-order chi connectivity index (χ0) is 13.3. The Morgan fingerprint density at radius 3 is 2.50 bits per heavy atom. The molecule has 1 aromatic rings. The van der Waals surface area contributed by atoms with Crippen molar-refractivity contribution in [2.45, 2.75) is 18.6 Å². The highest BCUT2D eigenvalue weighted by atomic mass is 19.1. The van der Waals surface area contributed by atoms with Gasteiger partial charge in [0.25, 0.3) is 5.91 Å². The van der Waals surface area contributed by atoms with Gasteiger partial charge in [0.2, 0.25) is 0 Å². The van der Waals surface area contributed by atoms with Gasteiger partial charge in [-0.2, -0.15) is 0 Å². The second-order valence-electron chi connectivity index (χ2n) is 4.19. The van der Waals surface area contributed by atoms with Crippen LogP contribution in [0.4, 0.5) is 4.39 Å². The van der Waals surface area contributed by atoms with E-state index in [0.29, 0.717) is 0 Å². The lowest BCUT2D eigenvalue weighted by Gasteiger charge is -2.25. The van der Waals surface area contributed by atoms with E-state index in [1.165, 1.54) is 12.1 Å². The van der Waals surface area contributed by atoms with Crippen LogP contribution in [0, 0.1) is 5.82 Å². The molecule has 2 rings (SSSR count). The molecule has 0 aromatic heterocycles. The van der Waals surface area contributed by atoms with Crippen molar-refractivity contribution in [2.24, 2.45) is 0 Å². The maximum Gasteiger partial charge on any atom is 0.254 e. The molecule has 0 saturated carbocycles. The Kier molecular flexibility index (Phi) is 3.29. The number of hydrogen-bond acceptors (Lipinski definition) is 4. The molecule has 96 valence electrons. The average molecular weight is 252 g/mol. The van der Waals surface area contributed by atoms with Crippen molar-refractivity contribution in [1.82, 2.24) is 4.90 Å². The van der Waals surface area contributed by atoms with Crippen molar-refractivity contribution in [3.63, 3.8) is 0 Å². The molecule has 1 saturated heterocycles. The molecule has 18 heavy (non-hydrogen) atoms. The summed E-state index contributed by atoms with van der Waals surface area (Å²) in [7, 11) is 0. The number of likely N-dealkylation sites (tertiary alicyclic amines) is 1. The largest absolute Gasteiger partial charge is 0.548 e. The number of carbonyl (C=O) groups excluding carboxylic acids is 2. The Bertz CT molecular complexity index is 473. The lowest BCUT2D eigenvalue weighted by molar-refractivity contribution is -0.310. The summed E-state index contributed by atoms with van der Waals surface area (Å²) in [4.78, 5) is 23.9. The Balaban J connectivity index is 2.22. The number of rotatable bonds is 2. The van der Waals surface area contributed by atoms with Crippen molar-refractivity contribution in [3.8, 4) is 0 Å². The third kappa shape index (κ3) is 2.33. The maximum atomic E-state index is 12.7. The minimum absolute atomic E-state index is 0.0464. The van der Waals surface area contributed by atoms with Crippen molar-refractivity contribution in [1.29, 1.82) is 0 Å². The van der Waals surface area contributed by atoms with E-state index in [1.807, 2.05) is 0 Å². The number of halogens is 1. The molecule has 0 aliphatic carbocycles. The smallest absolute Gasteiger partial charge is 0.254 e. The SMILES string of the molecule is O=C([O-])[C@H]1C[C@@H](O)CN1C(=O)c1ccc(F)cc1. The summed E-state index contributed by atoms with van der Waals surface area (Å²) in [5, 5.41) is 20.3. The second kappa shape index (κ2) is 4.73. The minimum Gasteiger partial charge on any atom is -0.548 e. The first kappa shape index (κ1) is 12.5. The number of β-amino-alcohol motifs (C(OH)–C–C–N with tert-alkyl or cyclic N) is 1. The summed E-state index contributed by atoms with van der Waals surface area (Å²) in [5.41, 5.74) is 0.178. The number of benzene rings is 1. The predicted molar refractivity (Wildman–Crippen MR) is 56.9 cm³/mol. The number of carboxylic acids is 1. The van der Waals surface area contributed by atoms with Crippen LogP contribution in [0.5, 0.6) is 0 Å². The van der Waals surface area contributed by atoms with Gasteiger partial charge in [-0.1, -0.05) is 0 Å². The van der Waals surface area contributed by atoms with Gasteiger partial charge in [-0.3, -0.25) is 4.79 Å². The van der Waals surface area contributed by atoms with Crippen LogP contribution < -0.4 is 5.11 Å². The van der Waals surface area contributed by atoms with Crippen molar-refractivity contribution in [2.75, 3.05) is 6.54 Å². The quantitative estimate of drug-likeness (QED) is 0.743. The Labute approximate surface area is 102 Å². The highest BCUT2D eigenvalue weighted by molar-refractivity contribution is 5.96. The van der Waals surface area contributed by atoms with Gasteiger partial charge in [-0.05, 0) is 24.3 Å². The number of carbonyl (C=O) groups is 2. The lowest BCUT2D eigenvalue weighted by atomic mass is 10.1. The van der Waals surface area contributed by atoms with Crippen LogP contribution in [0.25, 0.3) is 0 Å². The van der Waals surface area contributed by atoms with E-state index in [-0.39, 0.29) is 18.5 Å². The highest BCUT2D eigenvalue weighted by Gasteiger charge is 2.35. The summed E-state index contributed by atoms with van der Waals surface area (Å²) in [6, 6.07) is 3.64. The number of amides is 1. The van der Waals surface area contributed by atoms with E-state index in [9.17, 15) is 24.2 Å². The van der Waals surface area contributed by atoms with Crippen molar-refractivity contribution < 1.29 is 24.2 Å². The Morgan fingerprint density at radius 2 is 1.94 bits per heavy atom. The summed E-state index contributed by atoms with van der Waals surface area (Å²) in [6.07, 6.45) is -0.924. The fourth-order valence-electron chi connectivity index (χ4n) is 2.02. The first-order valence-electron chi connectivity index (χ1n) is 5.44. The van der Waals surface area contributed by atoms with Crippen LogP contribution in [-0.4, -0.2) is 40.6 Å². The van der Waals surface area contributed by atoms with E-state index >= 15 is 0 Å². The summed E-state index contributed by atoms with van der Waals surface area (Å²) >= 11 is 0. The number of aliphatic hydroxyl groups is 1. The van der Waals surface area contributed by atoms with Crippen LogP contribution in [0.2, 0.25) is 0 Å². The maximum absolute atomic E-state index is 12.7. The van der Waals surface area contributed by atoms with Gasteiger partial charge >= 0.3 is 0 Å². The van der Waals surface area contributed by atoms with Gasteiger partial charge < -0.3 is 19.9 Å². The van der Waals surface area contributed by atoms with Gasteiger partial charge in [-0.15, -0.1) is 0 Å². The van der Waals surface area contributed by atoms with Crippen LogP contribution in [0.1, 0.15) is 16.8 Å². The van der Waals surface area contributed by atoms with Gasteiger partial charge in [0.1, 0.15) is 5.82 Å². The number of carboxylic acid groups (broad SMARTS) is 1. The normalized spacial score (nSPS) is 23.1. The molecule has 0 bridgehead atoms. The zero-order valence-corrected chi connectivity index (χ0v) is 9.38. The molecule has 1 amide bonds. The number of aliphatic hydroxyl groups excluding tert-OH is 1. The van der Waals surface area contributed by atoms with Crippen molar-refractivity contribution in [3.05, 3.63) is 35.6 Å². The van der Waals surface area contributed by atoms with E-state index in [2.05, 4.69) is 0 Å². The zero-order valence-electron chi connectivity index (χ0n) is 9.38. The minimum atomic E-state index is -1.40. The van der Waals surface area contributed by atoms with E-state index in [1.54, 1.807) is 0 Å². The molecule has 5 nitrogen and oxygen atoms in total. The third-order valence-electron chi connectivity index (χ3n) is 2.90. The third-order valence-corrected chi connectivity index (χ3v) is 2.90. The second-order valence-corrected chi connectivity index (χ2v) is 4.19. The lowest BCUT2D eigenvalue weighted by Crippen LogP contribution is -2.47. The summed E-state index contributed by atoms with van der Waals surface area (Å²) in [5.74, 6) is -2.44. The average Bonchev–Trinajstić information content (AvgIpc) is 2.71.